The van der Waals surface area contributed by atoms with Gasteiger partial charge in [0.05, 0.1) is 16.2 Å². The van der Waals surface area contributed by atoms with Crippen LogP contribution >= 0.6 is 0 Å². The third-order valence-electron chi connectivity index (χ3n) is 1.70. The van der Waals surface area contributed by atoms with E-state index in [0.717, 1.165) is 12.1 Å². The Morgan fingerprint density at radius 2 is 2.06 bits per heavy atom. The second kappa shape index (κ2) is 4.51. The molecule has 1 rings (SSSR count). The summed E-state index contributed by atoms with van der Waals surface area (Å²) in [5.41, 5.74) is 8.77. The molecule has 0 aliphatic carbocycles. The van der Waals surface area contributed by atoms with Crippen molar-refractivity contribution in [1.29, 1.82) is 0 Å². The average Bonchev–Trinajstić information content (AvgIpc) is 2.16. The number of hydrogen-bond acceptors (Lipinski definition) is 3. The summed E-state index contributed by atoms with van der Waals surface area (Å²) in [6.45, 7) is 0. The molecular formula is C8H8F2N4O2. The van der Waals surface area contributed by atoms with E-state index in [1.807, 2.05) is 0 Å². The topological polar surface area (TPSA) is 108 Å². The van der Waals surface area contributed by atoms with Gasteiger partial charge in [-0.3, -0.25) is 10.1 Å². The van der Waals surface area contributed by atoms with Crippen LogP contribution in [-0.4, -0.2) is 10.9 Å². The smallest absolute Gasteiger partial charge is 0.278 e. The van der Waals surface area contributed by atoms with Crippen LogP contribution in [-0.2, 0) is 0 Å². The highest BCUT2D eigenvalue weighted by molar-refractivity contribution is 5.79. The van der Waals surface area contributed by atoms with Crippen LogP contribution in [0.2, 0.25) is 0 Å². The number of benzene rings is 1. The molecule has 6 nitrogen and oxygen atoms in total. The third-order valence-corrected chi connectivity index (χ3v) is 1.70. The molecule has 0 aliphatic heterocycles. The van der Waals surface area contributed by atoms with E-state index in [-0.39, 0.29) is 11.6 Å². The quantitative estimate of drug-likeness (QED) is 0.354. The molecule has 4 N–H and O–H groups in total. The Bertz CT molecular complexity index is 444. The molecule has 1 aromatic carbocycles. The monoisotopic (exact) mass is 230 g/mol. The van der Waals surface area contributed by atoms with Crippen molar-refractivity contribution in [3.05, 3.63) is 33.9 Å². The number of nitrogens with zero attached hydrogens (tertiary/aromatic N) is 2. The minimum Gasteiger partial charge on any atom is -0.370 e. The molecule has 0 unspecified atom stereocenters. The van der Waals surface area contributed by atoms with Crippen molar-refractivity contribution in [2.75, 3.05) is 0 Å². The summed E-state index contributed by atoms with van der Waals surface area (Å²) in [5.74, 6) is -0.311. The molecule has 8 heteroatoms. The number of alkyl halides is 2. The fourth-order valence-corrected chi connectivity index (χ4v) is 1.10. The highest BCUT2D eigenvalue weighted by atomic mass is 19.3. The zero-order chi connectivity index (χ0) is 12.3. The van der Waals surface area contributed by atoms with Crippen molar-refractivity contribution < 1.29 is 13.7 Å². The molecule has 0 spiro atoms. The van der Waals surface area contributed by atoms with E-state index < -0.39 is 22.6 Å². The highest BCUT2D eigenvalue weighted by Crippen LogP contribution is 2.31. The summed E-state index contributed by atoms with van der Waals surface area (Å²) in [6.07, 6.45) is -2.96. The van der Waals surface area contributed by atoms with Crippen molar-refractivity contribution in [1.82, 2.24) is 0 Å². The second-order valence-electron chi connectivity index (χ2n) is 2.84. The van der Waals surface area contributed by atoms with Crippen LogP contribution in [0.3, 0.4) is 0 Å². The maximum Gasteiger partial charge on any atom is 0.278 e. The molecule has 0 saturated carbocycles. The fraction of sp³-hybridized carbons (Fsp3) is 0.125. The molecule has 0 aromatic heterocycles. The number of aliphatic imine (C=N–C) groups is 1. The van der Waals surface area contributed by atoms with Crippen LogP contribution in [0.4, 0.5) is 20.2 Å². The van der Waals surface area contributed by atoms with Gasteiger partial charge in [0.25, 0.3) is 12.1 Å². The predicted molar refractivity (Wildman–Crippen MR) is 53.5 cm³/mol. The zero-order valence-corrected chi connectivity index (χ0v) is 7.93. The van der Waals surface area contributed by atoms with E-state index in [4.69, 9.17) is 11.5 Å². The number of hydrogen-bond donors (Lipinski definition) is 2. The first-order valence-electron chi connectivity index (χ1n) is 4.08. The van der Waals surface area contributed by atoms with Gasteiger partial charge in [0.1, 0.15) is 0 Å². The van der Waals surface area contributed by atoms with E-state index in [0.29, 0.717) is 0 Å². The number of halogens is 2. The zero-order valence-electron chi connectivity index (χ0n) is 7.93. The SMILES string of the molecule is NC(N)=Nc1ccc([N+](=O)[O-])c(C(F)F)c1. The van der Waals surface area contributed by atoms with Crippen LogP contribution < -0.4 is 11.5 Å². The molecule has 1 aromatic rings. The largest absolute Gasteiger partial charge is 0.370 e. The Hall–Kier alpha value is -2.25. The third kappa shape index (κ3) is 2.62. The number of guanidine groups is 1. The predicted octanol–water partition coefficient (Wildman–Crippen LogP) is 1.44. The van der Waals surface area contributed by atoms with Gasteiger partial charge < -0.3 is 11.5 Å². The van der Waals surface area contributed by atoms with E-state index >= 15 is 0 Å². The summed E-state index contributed by atoms with van der Waals surface area (Å²) in [7, 11) is 0. The summed E-state index contributed by atoms with van der Waals surface area (Å²) in [5, 5.41) is 10.4. The summed E-state index contributed by atoms with van der Waals surface area (Å²) in [4.78, 5) is 13.1. The molecule has 0 heterocycles. The molecular weight excluding hydrogens is 222 g/mol. The second-order valence-corrected chi connectivity index (χ2v) is 2.84. The summed E-state index contributed by atoms with van der Waals surface area (Å²) < 4.78 is 25.0. The molecule has 0 bridgehead atoms. The summed E-state index contributed by atoms with van der Waals surface area (Å²) >= 11 is 0. The Balaban J connectivity index is 3.28. The number of nitro groups is 1. The molecule has 0 saturated heterocycles. The van der Waals surface area contributed by atoms with Gasteiger partial charge in [-0.05, 0) is 12.1 Å². The minimum absolute atomic E-state index is 0.0425. The molecule has 16 heavy (non-hydrogen) atoms. The first-order valence-corrected chi connectivity index (χ1v) is 4.08. The lowest BCUT2D eigenvalue weighted by Gasteiger charge is -2.02. The average molecular weight is 230 g/mol. The first kappa shape index (κ1) is 11.8. The lowest BCUT2D eigenvalue weighted by atomic mass is 10.1. The van der Waals surface area contributed by atoms with Gasteiger partial charge in [-0.2, -0.15) is 0 Å². The maximum absolute atomic E-state index is 12.5. The molecule has 0 amide bonds. The van der Waals surface area contributed by atoms with E-state index in [2.05, 4.69) is 4.99 Å². The van der Waals surface area contributed by atoms with Crippen LogP contribution in [0.15, 0.2) is 23.2 Å². The first-order chi connectivity index (χ1) is 7.41. The lowest BCUT2D eigenvalue weighted by molar-refractivity contribution is -0.386. The van der Waals surface area contributed by atoms with Gasteiger partial charge in [0.15, 0.2) is 5.96 Å². The van der Waals surface area contributed by atoms with Crippen molar-refractivity contribution in [3.8, 4) is 0 Å². The molecule has 0 radical (unpaired) electrons. The van der Waals surface area contributed by atoms with Gasteiger partial charge >= 0.3 is 0 Å². The molecule has 0 aliphatic rings. The van der Waals surface area contributed by atoms with Crippen molar-refractivity contribution in [2.45, 2.75) is 6.43 Å². The van der Waals surface area contributed by atoms with Crippen LogP contribution in [0.1, 0.15) is 12.0 Å². The normalized spacial score (nSPS) is 10.2. The number of nitro benzene ring substituents is 1. The van der Waals surface area contributed by atoms with E-state index in [1.54, 1.807) is 0 Å². The lowest BCUT2D eigenvalue weighted by Crippen LogP contribution is -2.21. The number of nitrogens with two attached hydrogens (primary N) is 2. The van der Waals surface area contributed by atoms with Crippen LogP contribution in [0.25, 0.3) is 0 Å². The van der Waals surface area contributed by atoms with Gasteiger partial charge in [0, 0.05) is 6.07 Å². The van der Waals surface area contributed by atoms with Gasteiger partial charge in [-0.1, -0.05) is 0 Å². The maximum atomic E-state index is 12.5. The van der Waals surface area contributed by atoms with Gasteiger partial charge in [-0.25, -0.2) is 13.8 Å². The Kier molecular flexibility index (Phi) is 3.33. The Morgan fingerprint density at radius 1 is 1.44 bits per heavy atom. The van der Waals surface area contributed by atoms with Crippen molar-refractivity contribution in [3.63, 3.8) is 0 Å². The van der Waals surface area contributed by atoms with Crippen molar-refractivity contribution in [2.24, 2.45) is 16.5 Å². The van der Waals surface area contributed by atoms with Crippen molar-refractivity contribution >= 4 is 17.3 Å². The van der Waals surface area contributed by atoms with Crippen LogP contribution in [0.5, 0.6) is 0 Å². The minimum atomic E-state index is -2.96. The number of rotatable bonds is 3. The van der Waals surface area contributed by atoms with Gasteiger partial charge in [0.2, 0.25) is 0 Å². The Labute approximate surface area is 88.7 Å². The van der Waals surface area contributed by atoms with E-state index in [1.165, 1.54) is 6.07 Å². The highest BCUT2D eigenvalue weighted by Gasteiger charge is 2.21. The fourth-order valence-electron chi connectivity index (χ4n) is 1.10. The van der Waals surface area contributed by atoms with Gasteiger partial charge in [-0.15, -0.1) is 0 Å². The van der Waals surface area contributed by atoms with Crippen LogP contribution in [0, 0.1) is 10.1 Å². The molecule has 86 valence electrons. The summed E-state index contributed by atoms with van der Waals surface area (Å²) in [6, 6.07) is 3.00. The molecule has 0 fully saturated rings. The molecule has 0 atom stereocenters. The Morgan fingerprint density at radius 3 is 2.50 bits per heavy atom. The standard InChI is InChI=1S/C8H8F2N4O2/c9-7(10)5-3-4(13-8(11)12)1-2-6(5)14(15)16/h1-3,7H,(H4,11,12,13). The van der Waals surface area contributed by atoms with E-state index in [9.17, 15) is 18.9 Å².